The normalized spacial score (nSPS) is 16.4. The molecule has 1 aliphatic carbocycles. The number of aromatic nitrogens is 2. The van der Waals surface area contributed by atoms with Crippen LogP contribution in [-0.4, -0.2) is 36.6 Å². The second-order valence-electron chi connectivity index (χ2n) is 7.85. The zero-order valence-corrected chi connectivity index (χ0v) is 19.3. The number of alkyl halides is 3. The van der Waals surface area contributed by atoms with Crippen molar-refractivity contribution in [2.75, 3.05) is 11.6 Å². The average Bonchev–Trinajstić information content (AvgIpc) is 3.55. The fourth-order valence-electron chi connectivity index (χ4n) is 3.17. The molecular weight excluding hydrogens is 481 g/mol. The summed E-state index contributed by atoms with van der Waals surface area (Å²) in [6, 6.07) is 5.67. The van der Waals surface area contributed by atoms with Gasteiger partial charge < -0.3 is 10.6 Å². The van der Waals surface area contributed by atoms with Crippen molar-refractivity contribution in [1.29, 1.82) is 0 Å². The predicted molar refractivity (Wildman–Crippen MR) is 118 cm³/mol. The highest BCUT2D eigenvalue weighted by Crippen LogP contribution is 2.45. The summed E-state index contributed by atoms with van der Waals surface area (Å²) in [7, 11) is -3.42. The zero-order chi connectivity index (χ0) is 24.4. The Kier molecular flexibility index (Phi) is 7.32. The molecule has 2 aromatic rings. The molecule has 1 unspecified atom stereocenters. The summed E-state index contributed by atoms with van der Waals surface area (Å²) in [5.41, 5.74) is -0.969. The van der Waals surface area contributed by atoms with Crippen molar-refractivity contribution >= 4 is 33.0 Å². The standard InChI is InChI=1S/C21H22ClF3N4O3S/c1-12(9-10-33(2,31)32)27-20(30)19-26-11-16(18(29-19)21(23,24)25)28-17(13-7-8-13)14-5-3-4-6-15(14)22/h3-6,9-13,17,28H,7-8H2,1-2H3,(H,27,30)/b10-9+/t12-,17?/m1/s1. The van der Waals surface area contributed by atoms with Crippen molar-refractivity contribution in [3.63, 3.8) is 0 Å². The first-order chi connectivity index (χ1) is 15.3. The molecule has 3 rings (SSSR count). The Hall–Kier alpha value is -2.66. The fraction of sp³-hybridized carbons (Fsp3) is 0.381. The number of rotatable bonds is 8. The molecule has 2 N–H and O–H groups in total. The van der Waals surface area contributed by atoms with Gasteiger partial charge in [-0.25, -0.2) is 18.4 Å². The molecule has 1 amide bonds. The second-order valence-corrected chi connectivity index (χ2v) is 10.2. The first-order valence-corrected chi connectivity index (χ1v) is 12.3. The molecule has 178 valence electrons. The number of nitrogens with one attached hydrogen (secondary N) is 2. The number of hydrogen-bond acceptors (Lipinski definition) is 6. The molecule has 1 aromatic carbocycles. The Morgan fingerprint density at radius 1 is 1.27 bits per heavy atom. The number of amides is 1. The van der Waals surface area contributed by atoms with Gasteiger partial charge in [0.15, 0.2) is 15.5 Å². The quantitative estimate of drug-likeness (QED) is 0.555. The summed E-state index contributed by atoms with van der Waals surface area (Å²) in [5, 5.41) is 6.55. The number of benzene rings is 1. The molecule has 1 aromatic heterocycles. The van der Waals surface area contributed by atoms with E-state index in [1.807, 2.05) is 0 Å². The van der Waals surface area contributed by atoms with Gasteiger partial charge in [-0.05, 0) is 37.3 Å². The molecule has 0 spiro atoms. The van der Waals surface area contributed by atoms with Gasteiger partial charge in [0.1, 0.15) is 0 Å². The number of hydrogen-bond donors (Lipinski definition) is 2. The lowest BCUT2D eigenvalue weighted by molar-refractivity contribution is -0.140. The zero-order valence-electron chi connectivity index (χ0n) is 17.7. The van der Waals surface area contributed by atoms with Crippen LogP contribution in [0.4, 0.5) is 18.9 Å². The van der Waals surface area contributed by atoms with Gasteiger partial charge in [-0.3, -0.25) is 4.79 Å². The van der Waals surface area contributed by atoms with Gasteiger partial charge in [-0.1, -0.05) is 35.9 Å². The van der Waals surface area contributed by atoms with E-state index in [4.69, 9.17) is 11.6 Å². The topological polar surface area (TPSA) is 101 Å². The van der Waals surface area contributed by atoms with Crippen LogP contribution < -0.4 is 10.6 Å². The molecule has 0 bridgehead atoms. The van der Waals surface area contributed by atoms with E-state index in [1.165, 1.54) is 13.0 Å². The monoisotopic (exact) mass is 502 g/mol. The summed E-state index contributed by atoms with van der Waals surface area (Å²) in [5.74, 6) is -1.55. The number of halogens is 4. The maximum Gasteiger partial charge on any atom is 0.435 e. The molecule has 7 nitrogen and oxygen atoms in total. The second kappa shape index (κ2) is 9.68. The third-order valence-electron chi connectivity index (χ3n) is 4.88. The Bertz CT molecular complexity index is 1170. The number of anilines is 1. The van der Waals surface area contributed by atoms with Crippen LogP contribution in [0.15, 0.2) is 41.9 Å². The third kappa shape index (κ3) is 6.91. The van der Waals surface area contributed by atoms with Crippen molar-refractivity contribution in [3.8, 4) is 0 Å². The summed E-state index contributed by atoms with van der Waals surface area (Å²) < 4.78 is 63.7. The van der Waals surface area contributed by atoms with Crippen LogP contribution in [0.5, 0.6) is 0 Å². The third-order valence-corrected chi connectivity index (χ3v) is 5.87. The van der Waals surface area contributed by atoms with Crippen LogP contribution in [0, 0.1) is 5.92 Å². The van der Waals surface area contributed by atoms with E-state index in [0.717, 1.165) is 30.7 Å². The minimum atomic E-state index is -4.85. The van der Waals surface area contributed by atoms with E-state index in [9.17, 15) is 26.4 Å². The van der Waals surface area contributed by atoms with Crippen molar-refractivity contribution in [1.82, 2.24) is 15.3 Å². The molecule has 0 saturated heterocycles. The summed E-state index contributed by atoms with van der Waals surface area (Å²) in [6.07, 6.45) is -0.0860. The average molecular weight is 503 g/mol. The molecule has 1 fully saturated rings. The lowest BCUT2D eigenvalue weighted by Crippen LogP contribution is -2.33. The molecule has 33 heavy (non-hydrogen) atoms. The first kappa shape index (κ1) is 25.0. The molecule has 1 heterocycles. The number of sulfone groups is 1. The SMILES string of the molecule is C[C@H](/C=C/S(C)(=O)=O)NC(=O)c1ncc(NC(c2ccccc2Cl)C2CC2)c(C(F)(F)F)n1. The number of carbonyl (C=O) groups is 1. The lowest BCUT2D eigenvalue weighted by Gasteiger charge is -2.23. The highest BCUT2D eigenvalue weighted by atomic mass is 35.5. The predicted octanol–water partition coefficient (Wildman–Crippen LogP) is 4.39. The Morgan fingerprint density at radius 3 is 2.52 bits per heavy atom. The lowest BCUT2D eigenvalue weighted by atomic mass is 10.0. The van der Waals surface area contributed by atoms with Crippen LogP contribution >= 0.6 is 11.6 Å². The molecule has 0 aliphatic heterocycles. The van der Waals surface area contributed by atoms with Crippen LogP contribution in [0.3, 0.4) is 0 Å². The largest absolute Gasteiger partial charge is 0.435 e. The smallest absolute Gasteiger partial charge is 0.375 e. The molecular formula is C21H22ClF3N4O3S. The summed E-state index contributed by atoms with van der Waals surface area (Å²) in [6.45, 7) is 1.46. The molecule has 2 atom stereocenters. The van der Waals surface area contributed by atoms with E-state index in [0.29, 0.717) is 10.6 Å². The summed E-state index contributed by atoms with van der Waals surface area (Å²) >= 11 is 6.27. The van der Waals surface area contributed by atoms with Gasteiger partial charge in [0, 0.05) is 22.7 Å². The maximum absolute atomic E-state index is 13.8. The molecule has 1 aliphatic rings. The van der Waals surface area contributed by atoms with Crippen LogP contribution in [0.25, 0.3) is 0 Å². The van der Waals surface area contributed by atoms with Crippen LogP contribution in [0.2, 0.25) is 5.02 Å². The molecule has 12 heteroatoms. The fourth-order valence-corrected chi connectivity index (χ4v) is 3.94. The Morgan fingerprint density at radius 2 is 1.94 bits per heavy atom. The highest BCUT2D eigenvalue weighted by molar-refractivity contribution is 7.93. The van der Waals surface area contributed by atoms with Crippen LogP contribution in [-0.2, 0) is 16.0 Å². The summed E-state index contributed by atoms with van der Waals surface area (Å²) in [4.78, 5) is 19.6. The molecule has 0 radical (unpaired) electrons. The number of carbonyl (C=O) groups excluding carboxylic acids is 1. The minimum absolute atomic E-state index is 0.108. The van der Waals surface area contributed by atoms with E-state index in [-0.39, 0.29) is 11.6 Å². The minimum Gasteiger partial charge on any atom is -0.375 e. The maximum atomic E-state index is 13.8. The highest BCUT2D eigenvalue weighted by Gasteiger charge is 2.40. The van der Waals surface area contributed by atoms with E-state index in [1.54, 1.807) is 24.3 Å². The van der Waals surface area contributed by atoms with E-state index >= 15 is 0 Å². The van der Waals surface area contributed by atoms with Gasteiger partial charge in [0.25, 0.3) is 5.91 Å². The Labute approximate surface area is 194 Å². The van der Waals surface area contributed by atoms with Crippen molar-refractivity contribution in [2.45, 2.75) is 38.0 Å². The molecule has 1 saturated carbocycles. The van der Waals surface area contributed by atoms with Gasteiger partial charge in [-0.15, -0.1) is 0 Å². The number of nitrogens with zero attached hydrogens (tertiary/aromatic N) is 2. The Balaban J connectivity index is 1.87. The van der Waals surface area contributed by atoms with Gasteiger partial charge in [0.2, 0.25) is 5.82 Å². The van der Waals surface area contributed by atoms with Gasteiger partial charge >= 0.3 is 6.18 Å². The van der Waals surface area contributed by atoms with Crippen molar-refractivity contribution in [2.24, 2.45) is 5.92 Å². The van der Waals surface area contributed by atoms with Crippen molar-refractivity contribution < 1.29 is 26.4 Å². The van der Waals surface area contributed by atoms with Crippen molar-refractivity contribution in [3.05, 3.63) is 64.1 Å². The van der Waals surface area contributed by atoms with Crippen LogP contribution in [0.1, 0.15) is 47.7 Å². The van der Waals surface area contributed by atoms with E-state index < -0.39 is 45.5 Å². The van der Waals surface area contributed by atoms with E-state index in [2.05, 4.69) is 20.6 Å². The first-order valence-electron chi connectivity index (χ1n) is 9.99. The van der Waals surface area contributed by atoms with Gasteiger partial charge in [0.05, 0.1) is 17.9 Å². The van der Waals surface area contributed by atoms with Gasteiger partial charge in [-0.2, -0.15) is 13.2 Å².